The zero-order chi connectivity index (χ0) is 15.7. The molecular weight excluding hydrogens is 276 g/mol. The molecule has 0 spiro atoms. The Morgan fingerprint density at radius 3 is 2.45 bits per heavy atom. The standard InChI is InChI=1S/C16H22N6/c1-10-8-11(2)19-16(18-10)22-7-5-6-14(22)13-9-15(17-4)21-12(3)20-13/h8-9,14H,5-7H2,1-4H3,(H,17,20,21). The number of anilines is 2. The fourth-order valence-electron chi connectivity index (χ4n) is 3.04. The van der Waals surface area contributed by atoms with E-state index in [2.05, 4.69) is 30.2 Å². The Kier molecular flexibility index (Phi) is 3.92. The van der Waals surface area contributed by atoms with Crippen LogP contribution in [0.15, 0.2) is 12.1 Å². The third-order valence-corrected chi connectivity index (χ3v) is 3.94. The van der Waals surface area contributed by atoms with Gasteiger partial charge < -0.3 is 10.2 Å². The summed E-state index contributed by atoms with van der Waals surface area (Å²) in [7, 11) is 1.88. The molecule has 0 radical (unpaired) electrons. The molecule has 6 nitrogen and oxygen atoms in total. The number of aryl methyl sites for hydroxylation is 3. The van der Waals surface area contributed by atoms with Gasteiger partial charge in [-0.25, -0.2) is 19.9 Å². The molecule has 1 fully saturated rings. The molecule has 0 saturated carbocycles. The lowest BCUT2D eigenvalue weighted by Crippen LogP contribution is -2.26. The monoisotopic (exact) mass is 298 g/mol. The molecule has 1 aliphatic heterocycles. The highest BCUT2D eigenvalue weighted by Crippen LogP contribution is 2.34. The van der Waals surface area contributed by atoms with E-state index >= 15 is 0 Å². The van der Waals surface area contributed by atoms with E-state index in [-0.39, 0.29) is 6.04 Å². The van der Waals surface area contributed by atoms with Gasteiger partial charge in [-0.2, -0.15) is 0 Å². The quantitative estimate of drug-likeness (QED) is 0.939. The van der Waals surface area contributed by atoms with Crippen LogP contribution in [0.3, 0.4) is 0 Å². The van der Waals surface area contributed by atoms with E-state index in [1.807, 2.05) is 40.0 Å². The number of aromatic nitrogens is 4. The van der Waals surface area contributed by atoms with Crippen molar-refractivity contribution in [3.05, 3.63) is 35.0 Å². The highest BCUT2D eigenvalue weighted by molar-refractivity contribution is 5.42. The van der Waals surface area contributed by atoms with Crippen LogP contribution in [0.5, 0.6) is 0 Å². The Morgan fingerprint density at radius 2 is 1.77 bits per heavy atom. The lowest BCUT2D eigenvalue weighted by molar-refractivity contribution is 0.671. The summed E-state index contributed by atoms with van der Waals surface area (Å²) in [4.78, 5) is 20.5. The Labute approximate surface area is 131 Å². The summed E-state index contributed by atoms with van der Waals surface area (Å²) in [6, 6.07) is 4.25. The first-order valence-electron chi connectivity index (χ1n) is 7.69. The lowest BCUT2D eigenvalue weighted by Gasteiger charge is -2.25. The van der Waals surface area contributed by atoms with Crippen molar-refractivity contribution in [2.45, 2.75) is 39.7 Å². The lowest BCUT2D eigenvalue weighted by atomic mass is 10.1. The van der Waals surface area contributed by atoms with Crippen molar-refractivity contribution >= 4 is 11.8 Å². The first-order chi connectivity index (χ1) is 10.6. The maximum Gasteiger partial charge on any atom is 0.226 e. The van der Waals surface area contributed by atoms with Crippen molar-refractivity contribution < 1.29 is 0 Å². The highest BCUT2D eigenvalue weighted by atomic mass is 15.3. The Morgan fingerprint density at radius 1 is 1.05 bits per heavy atom. The summed E-state index contributed by atoms with van der Waals surface area (Å²) in [6.07, 6.45) is 2.19. The number of hydrogen-bond acceptors (Lipinski definition) is 6. The number of rotatable bonds is 3. The summed E-state index contributed by atoms with van der Waals surface area (Å²) in [6.45, 7) is 6.91. The predicted molar refractivity (Wildman–Crippen MR) is 87.1 cm³/mol. The minimum absolute atomic E-state index is 0.218. The van der Waals surface area contributed by atoms with Gasteiger partial charge in [-0.15, -0.1) is 0 Å². The van der Waals surface area contributed by atoms with Crippen molar-refractivity contribution in [3.63, 3.8) is 0 Å². The molecule has 1 saturated heterocycles. The third kappa shape index (κ3) is 2.86. The first kappa shape index (κ1) is 14.7. The largest absolute Gasteiger partial charge is 0.373 e. The number of nitrogens with zero attached hydrogens (tertiary/aromatic N) is 5. The molecule has 0 bridgehead atoms. The third-order valence-electron chi connectivity index (χ3n) is 3.94. The average Bonchev–Trinajstić information content (AvgIpc) is 2.95. The van der Waals surface area contributed by atoms with Gasteiger partial charge in [0.25, 0.3) is 0 Å². The Bertz CT molecular complexity index is 664. The topological polar surface area (TPSA) is 66.8 Å². The molecule has 0 amide bonds. The van der Waals surface area contributed by atoms with Crippen molar-refractivity contribution in [2.75, 3.05) is 23.8 Å². The van der Waals surface area contributed by atoms with Gasteiger partial charge in [-0.05, 0) is 39.7 Å². The van der Waals surface area contributed by atoms with Gasteiger partial charge in [0.2, 0.25) is 5.95 Å². The van der Waals surface area contributed by atoms with Crippen LogP contribution in [0.25, 0.3) is 0 Å². The molecule has 2 aromatic heterocycles. The van der Waals surface area contributed by atoms with Crippen molar-refractivity contribution in [1.82, 2.24) is 19.9 Å². The number of nitrogens with one attached hydrogen (secondary N) is 1. The molecule has 3 rings (SSSR count). The van der Waals surface area contributed by atoms with E-state index in [1.165, 1.54) is 0 Å². The van der Waals surface area contributed by atoms with Gasteiger partial charge in [0, 0.05) is 31.0 Å². The second-order valence-corrected chi connectivity index (χ2v) is 5.78. The van der Waals surface area contributed by atoms with Gasteiger partial charge in [0.15, 0.2) is 0 Å². The molecule has 1 aliphatic rings. The van der Waals surface area contributed by atoms with Crippen LogP contribution in [-0.4, -0.2) is 33.5 Å². The average molecular weight is 298 g/mol. The van der Waals surface area contributed by atoms with Gasteiger partial charge in [-0.1, -0.05) is 0 Å². The molecule has 1 atom stereocenters. The molecule has 3 heterocycles. The van der Waals surface area contributed by atoms with Crippen LogP contribution in [-0.2, 0) is 0 Å². The molecule has 1 unspecified atom stereocenters. The Balaban J connectivity index is 1.98. The minimum atomic E-state index is 0.218. The van der Waals surface area contributed by atoms with Gasteiger partial charge in [0.1, 0.15) is 11.6 Å². The molecule has 1 N–H and O–H groups in total. The van der Waals surface area contributed by atoms with Crippen molar-refractivity contribution in [2.24, 2.45) is 0 Å². The maximum atomic E-state index is 4.64. The summed E-state index contributed by atoms with van der Waals surface area (Å²) >= 11 is 0. The fraction of sp³-hybridized carbons (Fsp3) is 0.500. The summed E-state index contributed by atoms with van der Waals surface area (Å²) in [5.74, 6) is 2.45. The summed E-state index contributed by atoms with van der Waals surface area (Å²) in [5.41, 5.74) is 3.04. The first-order valence-corrected chi connectivity index (χ1v) is 7.69. The molecule has 6 heteroatoms. The second kappa shape index (κ2) is 5.87. The highest BCUT2D eigenvalue weighted by Gasteiger charge is 2.30. The molecule has 22 heavy (non-hydrogen) atoms. The van der Waals surface area contributed by atoms with Crippen LogP contribution < -0.4 is 10.2 Å². The summed E-state index contributed by atoms with van der Waals surface area (Å²) < 4.78 is 0. The maximum absolute atomic E-state index is 4.64. The summed E-state index contributed by atoms with van der Waals surface area (Å²) in [5, 5.41) is 3.10. The molecule has 0 aliphatic carbocycles. The van der Waals surface area contributed by atoms with E-state index in [4.69, 9.17) is 0 Å². The van der Waals surface area contributed by atoms with Crippen molar-refractivity contribution in [1.29, 1.82) is 0 Å². The van der Waals surface area contributed by atoms with Crippen LogP contribution in [0.4, 0.5) is 11.8 Å². The van der Waals surface area contributed by atoms with Crippen LogP contribution >= 0.6 is 0 Å². The van der Waals surface area contributed by atoms with E-state index in [0.29, 0.717) is 0 Å². The zero-order valence-corrected chi connectivity index (χ0v) is 13.6. The fourth-order valence-corrected chi connectivity index (χ4v) is 3.04. The Hall–Kier alpha value is -2.24. The number of hydrogen-bond donors (Lipinski definition) is 1. The van der Waals surface area contributed by atoms with E-state index in [1.54, 1.807) is 0 Å². The molecule has 116 valence electrons. The normalized spacial score (nSPS) is 17.8. The van der Waals surface area contributed by atoms with E-state index in [9.17, 15) is 0 Å². The van der Waals surface area contributed by atoms with Gasteiger partial charge >= 0.3 is 0 Å². The zero-order valence-electron chi connectivity index (χ0n) is 13.6. The molecule has 2 aromatic rings. The predicted octanol–water partition coefficient (Wildman–Crippen LogP) is 2.58. The van der Waals surface area contributed by atoms with Gasteiger partial charge in [0.05, 0.1) is 11.7 Å². The van der Waals surface area contributed by atoms with Gasteiger partial charge in [-0.3, -0.25) is 0 Å². The minimum Gasteiger partial charge on any atom is -0.373 e. The van der Waals surface area contributed by atoms with Crippen LogP contribution in [0.1, 0.15) is 41.8 Å². The van der Waals surface area contributed by atoms with Crippen LogP contribution in [0, 0.1) is 20.8 Å². The second-order valence-electron chi connectivity index (χ2n) is 5.78. The van der Waals surface area contributed by atoms with E-state index in [0.717, 1.165) is 54.1 Å². The van der Waals surface area contributed by atoms with Crippen LogP contribution in [0.2, 0.25) is 0 Å². The molecule has 0 aromatic carbocycles. The van der Waals surface area contributed by atoms with Crippen molar-refractivity contribution in [3.8, 4) is 0 Å². The molecular formula is C16H22N6. The SMILES string of the molecule is CNc1cc(C2CCCN2c2nc(C)cc(C)n2)nc(C)n1. The smallest absolute Gasteiger partial charge is 0.226 e. The van der Waals surface area contributed by atoms with E-state index < -0.39 is 0 Å².